The molecule has 6 nitrogen and oxygen atoms in total. The molecule has 1 aliphatic rings. The van der Waals surface area contributed by atoms with E-state index < -0.39 is 14.6 Å². The van der Waals surface area contributed by atoms with Crippen LogP contribution in [0.5, 0.6) is 5.75 Å². The molecule has 140 valence electrons. The Kier molecular flexibility index (Phi) is 6.32. The SMILES string of the molecule is CCNC(=NCC1Cc2ccccc2O1)NCCS(=O)(=O)C(C)(C)C. The average Bonchev–Trinajstić information content (AvgIpc) is 2.94. The van der Waals surface area contributed by atoms with Crippen molar-refractivity contribution >= 4 is 15.8 Å². The number of ether oxygens (including phenoxy) is 1. The maximum Gasteiger partial charge on any atom is 0.191 e. The van der Waals surface area contributed by atoms with Gasteiger partial charge in [0.05, 0.1) is 17.0 Å². The Balaban J connectivity index is 1.87. The van der Waals surface area contributed by atoms with Gasteiger partial charge in [-0.25, -0.2) is 13.4 Å². The number of hydrogen-bond donors (Lipinski definition) is 2. The summed E-state index contributed by atoms with van der Waals surface area (Å²) < 4.78 is 29.5. The normalized spacial score (nSPS) is 17.8. The van der Waals surface area contributed by atoms with E-state index in [0.29, 0.717) is 25.6 Å². The zero-order valence-corrected chi connectivity index (χ0v) is 16.3. The monoisotopic (exact) mass is 367 g/mol. The van der Waals surface area contributed by atoms with Crippen LogP contribution in [0.4, 0.5) is 0 Å². The van der Waals surface area contributed by atoms with E-state index in [9.17, 15) is 8.42 Å². The smallest absolute Gasteiger partial charge is 0.191 e. The van der Waals surface area contributed by atoms with E-state index >= 15 is 0 Å². The van der Waals surface area contributed by atoms with Gasteiger partial charge in [-0.05, 0) is 39.3 Å². The van der Waals surface area contributed by atoms with E-state index in [-0.39, 0.29) is 11.9 Å². The Morgan fingerprint density at radius 3 is 2.64 bits per heavy atom. The quantitative estimate of drug-likeness (QED) is 0.592. The highest BCUT2D eigenvalue weighted by atomic mass is 32.2. The Labute approximate surface area is 151 Å². The molecule has 0 bridgehead atoms. The minimum Gasteiger partial charge on any atom is -0.488 e. The van der Waals surface area contributed by atoms with Crippen LogP contribution in [-0.2, 0) is 16.3 Å². The molecule has 0 saturated heterocycles. The maximum atomic E-state index is 12.2. The molecule has 0 saturated carbocycles. The summed E-state index contributed by atoms with van der Waals surface area (Å²) >= 11 is 0. The molecule has 2 N–H and O–H groups in total. The van der Waals surface area contributed by atoms with E-state index in [4.69, 9.17) is 4.74 Å². The predicted molar refractivity (Wildman–Crippen MR) is 102 cm³/mol. The molecule has 1 aliphatic heterocycles. The molecule has 0 aromatic heterocycles. The number of rotatable bonds is 6. The first-order valence-electron chi connectivity index (χ1n) is 8.72. The van der Waals surface area contributed by atoms with Gasteiger partial charge in [0.2, 0.25) is 0 Å². The number of guanidine groups is 1. The minimum atomic E-state index is -3.15. The van der Waals surface area contributed by atoms with Crippen LogP contribution in [0.1, 0.15) is 33.3 Å². The first-order valence-corrected chi connectivity index (χ1v) is 10.4. The molecule has 1 aromatic carbocycles. The minimum absolute atomic E-state index is 0.0196. The van der Waals surface area contributed by atoms with Crippen molar-refractivity contribution < 1.29 is 13.2 Å². The van der Waals surface area contributed by atoms with E-state index in [1.165, 1.54) is 5.56 Å². The first-order chi connectivity index (χ1) is 11.7. The average molecular weight is 368 g/mol. The van der Waals surface area contributed by atoms with Gasteiger partial charge in [-0.3, -0.25) is 0 Å². The molecule has 0 amide bonds. The van der Waals surface area contributed by atoms with Crippen molar-refractivity contribution in [3.8, 4) is 5.75 Å². The summed E-state index contributed by atoms with van der Waals surface area (Å²) in [4.78, 5) is 4.53. The van der Waals surface area contributed by atoms with Gasteiger partial charge in [0.1, 0.15) is 11.9 Å². The molecule has 0 spiro atoms. The summed E-state index contributed by atoms with van der Waals surface area (Å²) in [5, 5.41) is 6.24. The third kappa shape index (κ3) is 5.36. The van der Waals surface area contributed by atoms with Gasteiger partial charge in [-0.2, -0.15) is 0 Å². The van der Waals surface area contributed by atoms with Crippen molar-refractivity contribution in [2.45, 2.75) is 45.0 Å². The standard InChI is InChI=1S/C18H29N3O3S/c1-5-19-17(20-10-11-25(22,23)18(2,3)4)21-13-15-12-14-8-6-7-9-16(14)24-15/h6-9,15H,5,10-13H2,1-4H3,(H2,19,20,21). The van der Waals surface area contributed by atoms with E-state index in [0.717, 1.165) is 12.2 Å². The summed E-state index contributed by atoms with van der Waals surface area (Å²) in [7, 11) is -3.15. The molecule has 1 heterocycles. The zero-order valence-electron chi connectivity index (χ0n) is 15.5. The lowest BCUT2D eigenvalue weighted by Crippen LogP contribution is -2.42. The third-order valence-electron chi connectivity index (χ3n) is 4.11. The van der Waals surface area contributed by atoms with Crippen LogP contribution in [0.15, 0.2) is 29.3 Å². The second-order valence-electron chi connectivity index (χ2n) is 7.13. The van der Waals surface area contributed by atoms with Crippen LogP contribution in [0.3, 0.4) is 0 Å². The Morgan fingerprint density at radius 1 is 1.28 bits per heavy atom. The highest BCUT2D eigenvalue weighted by Gasteiger charge is 2.28. The Bertz CT molecular complexity index is 684. The Hall–Kier alpha value is -1.76. The van der Waals surface area contributed by atoms with Crippen LogP contribution < -0.4 is 15.4 Å². The molecule has 1 aromatic rings. The lowest BCUT2D eigenvalue weighted by Gasteiger charge is -2.20. The molecular weight excluding hydrogens is 338 g/mol. The van der Waals surface area contributed by atoms with Crippen LogP contribution in [-0.4, -0.2) is 50.6 Å². The van der Waals surface area contributed by atoms with Gasteiger partial charge in [0, 0.05) is 19.5 Å². The van der Waals surface area contributed by atoms with Crippen LogP contribution in [0, 0.1) is 0 Å². The number of nitrogens with zero attached hydrogens (tertiary/aromatic N) is 1. The molecule has 1 unspecified atom stereocenters. The van der Waals surface area contributed by atoms with Crippen molar-refractivity contribution in [3.05, 3.63) is 29.8 Å². The summed E-state index contributed by atoms with van der Waals surface area (Å²) in [6.07, 6.45) is 0.864. The number of hydrogen-bond acceptors (Lipinski definition) is 4. The van der Waals surface area contributed by atoms with Crippen LogP contribution >= 0.6 is 0 Å². The van der Waals surface area contributed by atoms with Gasteiger partial charge in [-0.15, -0.1) is 0 Å². The summed E-state index contributed by atoms with van der Waals surface area (Å²) in [5.74, 6) is 1.62. The van der Waals surface area contributed by atoms with Gasteiger partial charge >= 0.3 is 0 Å². The molecule has 0 aliphatic carbocycles. The summed E-state index contributed by atoms with van der Waals surface area (Å²) in [6, 6.07) is 8.01. The zero-order chi connectivity index (χ0) is 18.5. The van der Waals surface area contributed by atoms with Gasteiger partial charge in [-0.1, -0.05) is 18.2 Å². The highest BCUT2D eigenvalue weighted by molar-refractivity contribution is 7.92. The molecule has 0 radical (unpaired) electrons. The van der Waals surface area contributed by atoms with Crippen molar-refractivity contribution in [2.24, 2.45) is 4.99 Å². The number of aliphatic imine (C=N–C) groups is 1. The summed E-state index contributed by atoms with van der Waals surface area (Å²) in [5.41, 5.74) is 1.21. The fourth-order valence-electron chi connectivity index (χ4n) is 2.50. The number of para-hydroxylation sites is 1. The molecule has 2 rings (SSSR count). The third-order valence-corrected chi connectivity index (χ3v) is 6.71. The molecule has 0 fully saturated rings. The van der Waals surface area contributed by atoms with Crippen molar-refractivity contribution in [3.63, 3.8) is 0 Å². The fourth-order valence-corrected chi connectivity index (χ4v) is 3.48. The number of fused-ring (bicyclic) bond motifs is 1. The number of sulfone groups is 1. The van der Waals surface area contributed by atoms with E-state index in [1.54, 1.807) is 20.8 Å². The van der Waals surface area contributed by atoms with Crippen molar-refractivity contribution in [2.75, 3.05) is 25.4 Å². The highest BCUT2D eigenvalue weighted by Crippen LogP contribution is 2.28. The van der Waals surface area contributed by atoms with Gasteiger partial charge < -0.3 is 15.4 Å². The molecular formula is C18H29N3O3S. The second-order valence-corrected chi connectivity index (χ2v) is 9.99. The van der Waals surface area contributed by atoms with E-state index in [1.807, 2.05) is 25.1 Å². The number of nitrogens with one attached hydrogen (secondary N) is 2. The van der Waals surface area contributed by atoms with Crippen LogP contribution in [0.2, 0.25) is 0 Å². The number of benzene rings is 1. The first kappa shape index (κ1) is 19.6. The van der Waals surface area contributed by atoms with Crippen molar-refractivity contribution in [1.82, 2.24) is 10.6 Å². The summed E-state index contributed by atoms with van der Waals surface area (Å²) in [6.45, 7) is 8.70. The fraction of sp³-hybridized carbons (Fsp3) is 0.611. The Morgan fingerprint density at radius 2 is 2.00 bits per heavy atom. The lowest BCUT2D eigenvalue weighted by atomic mass is 10.1. The topological polar surface area (TPSA) is 79.8 Å². The maximum absolute atomic E-state index is 12.2. The predicted octanol–water partition coefficient (Wildman–Crippen LogP) is 1.76. The van der Waals surface area contributed by atoms with Gasteiger partial charge in [0.25, 0.3) is 0 Å². The molecule has 7 heteroatoms. The van der Waals surface area contributed by atoms with Crippen molar-refractivity contribution in [1.29, 1.82) is 0 Å². The largest absolute Gasteiger partial charge is 0.488 e. The van der Waals surface area contributed by atoms with Gasteiger partial charge in [0.15, 0.2) is 15.8 Å². The lowest BCUT2D eigenvalue weighted by molar-refractivity contribution is 0.241. The second kappa shape index (κ2) is 8.08. The van der Waals surface area contributed by atoms with E-state index in [2.05, 4.69) is 21.7 Å². The molecule has 25 heavy (non-hydrogen) atoms. The molecule has 1 atom stereocenters. The van der Waals surface area contributed by atoms with Crippen LogP contribution in [0.25, 0.3) is 0 Å².